The lowest BCUT2D eigenvalue weighted by molar-refractivity contribution is 0.589. The minimum atomic E-state index is 0.734. The van der Waals surface area contributed by atoms with Crippen molar-refractivity contribution in [1.82, 2.24) is 15.3 Å². The van der Waals surface area contributed by atoms with Crippen LogP contribution in [0, 0.1) is 0 Å². The molecule has 0 radical (unpaired) electrons. The maximum Gasteiger partial charge on any atom is 0.187 e. The van der Waals surface area contributed by atoms with E-state index in [4.69, 9.17) is 11.6 Å². The monoisotopic (exact) mass is 320 g/mol. The van der Waals surface area contributed by atoms with Gasteiger partial charge >= 0.3 is 0 Å². The van der Waals surface area contributed by atoms with Gasteiger partial charge in [0.05, 0.1) is 0 Å². The van der Waals surface area contributed by atoms with Gasteiger partial charge in [0.15, 0.2) is 5.16 Å². The topological polar surface area (TPSA) is 41.1 Å². The standard InChI is InChI=1S/C15H17ClN4S/c1-21-15-18-9-11(10-19-15)13-8-12(16)2-3-14(13)20-6-4-17-5-7-20/h2-3,8-10,17H,4-7H2,1H3. The summed E-state index contributed by atoms with van der Waals surface area (Å²) >= 11 is 7.73. The van der Waals surface area contributed by atoms with Crippen LogP contribution in [-0.4, -0.2) is 42.4 Å². The number of halogens is 1. The quantitative estimate of drug-likeness (QED) is 0.695. The average Bonchev–Trinajstić information content (AvgIpc) is 2.56. The lowest BCUT2D eigenvalue weighted by atomic mass is 10.1. The Morgan fingerprint density at radius 1 is 1.19 bits per heavy atom. The molecule has 0 saturated carbocycles. The highest BCUT2D eigenvalue weighted by molar-refractivity contribution is 7.98. The van der Waals surface area contributed by atoms with Gasteiger partial charge in [0.1, 0.15) is 0 Å². The molecule has 1 fully saturated rings. The number of thioether (sulfide) groups is 1. The van der Waals surface area contributed by atoms with Crippen molar-refractivity contribution in [1.29, 1.82) is 0 Å². The van der Waals surface area contributed by atoms with Crippen molar-refractivity contribution >= 4 is 29.1 Å². The second-order valence-corrected chi connectivity index (χ2v) is 6.07. The molecule has 0 unspecified atom stereocenters. The summed E-state index contributed by atoms with van der Waals surface area (Å²) in [6.45, 7) is 4.00. The number of anilines is 1. The van der Waals surface area contributed by atoms with Crippen LogP contribution in [0.4, 0.5) is 5.69 Å². The summed E-state index contributed by atoms with van der Waals surface area (Å²) in [6, 6.07) is 6.03. The molecule has 1 aromatic heterocycles. The molecule has 0 aliphatic carbocycles. The van der Waals surface area contributed by atoms with Crippen LogP contribution in [0.5, 0.6) is 0 Å². The zero-order chi connectivity index (χ0) is 14.7. The van der Waals surface area contributed by atoms with E-state index in [-0.39, 0.29) is 0 Å². The zero-order valence-electron chi connectivity index (χ0n) is 11.8. The molecule has 3 rings (SSSR count). The van der Waals surface area contributed by atoms with Gasteiger partial charge in [-0.3, -0.25) is 0 Å². The number of hydrogen-bond acceptors (Lipinski definition) is 5. The van der Waals surface area contributed by atoms with E-state index < -0.39 is 0 Å². The first-order valence-electron chi connectivity index (χ1n) is 6.89. The van der Waals surface area contributed by atoms with E-state index in [1.807, 2.05) is 30.8 Å². The third-order valence-corrected chi connectivity index (χ3v) is 4.35. The smallest absolute Gasteiger partial charge is 0.187 e. The molecule has 110 valence electrons. The summed E-state index contributed by atoms with van der Waals surface area (Å²) in [5.41, 5.74) is 3.29. The van der Waals surface area contributed by atoms with Gasteiger partial charge in [-0.25, -0.2) is 9.97 Å². The maximum absolute atomic E-state index is 6.19. The van der Waals surface area contributed by atoms with Crippen molar-refractivity contribution in [3.8, 4) is 11.1 Å². The number of aromatic nitrogens is 2. The Kier molecular flexibility index (Phi) is 4.63. The lowest BCUT2D eigenvalue weighted by Crippen LogP contribution is -2.43. The molecule has 1 aromatic carbocycles. The van der Waals surface area contributed by atoms with Crippen LogP contribution >= 0.6 is 23.4 Å². The molecule has 0 spiro atoms. The highest BCUT2D eigenvalue weighted by atomic mass is 35.5. The van der Waals surface area contributed by atoms with Crippen molar-refractivity contribution in [2.24, 2.45) is 0 Å². The van der Waals surface area contributed by atoms with E-state index >= 15 is 0 Å². The molecule has 2 heterocycles. The molecule has 21 heavy (non-hydrogen) atoms. The molecule has 1 saturated heterocycles. The molecule has 0 amide bonds. The third kappa shape index (κ3) is 3.31. The van der Waals surface area contributed by atoms with Gasteiger partial charge in [0, 0.05) is 60.4 Å². The van der Waals surface area contributed by atoms with Crippen LogP contribution in [0.2, 0.25) is 5.02 Å². The number of nitrogens with zero attached hydrogens (tertiary/aromatic N) is 3. The van der Waals surface area contributed by atoms with Gasteiger partial charge in [0.2, 0.25) is 0 Å². The molecule has 0 atom stereocenters. The Balaban J connectivity index is 2.00. The Labute approximate surface area is 133 Å². The van der Waals surface area contributed by atoms with E-state index in [1.54, 1.807) is 11.8 Å². The molecule has 1 aliphatic heterocycles. The van der Waals surface area contributed by atoms with E-state index in [1.165, 1.54) is 5.69 Å². The summed E-state index contributed by atoms with van der Waals surface area (Å²) in [7, 11) is 0. The van der Waals surface area contributed by atoms with Crippen LogP contribution in [0.1, 0.15) is 0 Å². The van der Waals surface area contributed by atoms with E-state index in [2.05, 4.69) is 26.3 Å². The second kappa shape index (κ2) is 6.64. The van der Waals surface area contributed by atoms with E-state index in [0.717, 1.165) is 47.5 Å². The molecule has 0 bridgehead atoms. The number of piperazine rings is 1. The van der Waals surface area contributed by atoms with Gasteiger partial charge in [-0.1, -0.05) is 23.4 Å². The number of rotatable bonds is 3. The summed E-state index contributed by atoms with van der Waals surface area (Å²) in [5, 5.41) is 4.89. The first kappa shape index (κ1) is 14.6. The van der Waals surface area contributed by atoms with Crippen molar-refractivity contribution in [3.05, 3.63) is 35.6 Å². The Hall–Kier alpha value is -1.30. The van der Waals surface area contributed by atoms with Crippen molar-refractivity contribution < 1.29 is 0 Å². The molecule has 1 N–H and O–H groups in total. The van der Waals surface area contributed by atoms with Crippen LogP contribution in [0.25, 0.3) is 11.1 Å². The first-order chi connectivity index (χ1) is 10.3. The van der Waals surface area contributed by atoms with Crippen molar-refractivity contribution in [2.75, 3.05) is 37.3 Å². The fraction of sp³-hybridized carbons (Fsp3) is 0.333. The van der Waals surface area contributed by atoms with Crippen molar-refractivity contribution in [3.63, 3.8) is 0 Å². The molecular weight excluding hydrogens is 304 g/mol. The summed E-state index contributed by atoms with van der Waals surface area (Å²) in [4.78, 5) is 11.1. The first-order valence-corrected chi connectivity index (χ1v) is 8.50. The number of hydrogen-bond donors (Lipinski definition) is 1. The van der Waals surface area contributed by atoms with Crippen LogP contribution in [-0.2, 0) is 0 Å². The van der Waals surface area contributed by atoms with Gasteiger partial charge in [-0.15, -0.1) is 0 Å². The summed E-state index contributed by atoms with van der Waals surface area (Å²) < 4.78 is 0. The fourth-order valence-corrected chi connectivity index (χ4v) is 2.97. The zero-order valence-corrected chi connectivity index (χ0v) is 13.4. The Morgan fingerprint density at radius 3 is 2.57 bits per heavy atom. The minimum Gasteiger partial charge on any atom is -0.368 e. The summed E-state index contributed by atoms with van der Waals surface area (Å²) in [6.07, 6.45) is 5.72. The van der Waals surface area contributed by atoms with Crippen molar-refractivity contribution in [2.45, 2.75) is 5.16 Å². The minimum absolute atomic E-state index is 0.734. The lowest BCUT2D eigenvalue weighted by Gasteiger charge is -2.31. The van der Waals surface area contributed by atoms with Crippen LogP contribution in [0.15, 0.2) is 35.7 Å². The van der Waals surface area contributed by atoms with Gasteiger partial charge in [-0.2, -0.15) is 0 Å². The molecule has 2 aromatic rings. The normalized spacial score (nSPS) is 15.2. The Bertz CT molecular complexity index is 612. The third-order valence-electron chi connectivity index (χ3n) is 3.54. The molecular formula is C15H17ClN4S. The highest BCUT2D eigenvalue weighted by Gasteiger charge is 2.16. The van der Waals surface area contributed by atoms with Crippen LogP contribution in [0.3, 0.4) is 0 Å². The number of nitrogens with one attached hydrogen (secondary N) is 1. The van der Waals surface area contributed by atoms with E-state index in [9.17, 15) is 0 Å². The fourth-order valence-electron chi connectivity index (χ4n) is 2.48. The maximum atomic E-state index is 6.19. The predicted octanol–water partition coefficient (Wildman–Crippen LogP) is 2.93. The van der Waals surface area contributed by atoms with Gasteiger partial charge in [0.25, 0.3) is 0 Å². The van der Waals surface area contributed by atoms with Crippen LogP contribution < -0.4 is 10.2 Å². The predicted molar refractivity (Wildman–Crippen MR) is 89.3 cm³/mol. The van der Waals surface area contributed by atoms with Gasteiger partial charge < -0.3 is 10.2 Å². The highest BCUT2D eigenvalue weighted by Crippen LogP contribution is 2.33. The Morgan fingerprint density at radius 2 is 1.90 bits per heavy atom. The average molecular weight is 321 g/mol. The van der Waals surface area contributed by atoms with E-state index in [0.29, 0.717) is 0 Å². The number of benzene rings is 1. The molecule has 1 aliphatic rings. The molecule has 4 nitrogen and oxygen atoms in total. The summed E-state index contributed by atoms with van der Waals surface area (Å²) in [5.74, 6) is 0. The SMILES string of the molecule is CSc1ncc(-c2cc(Cl)ccc2N2CCNCC2)cn1. The molecule has 6 heteroatoms. The second-order valence-electron chi connectivity index (χ2n) is 4.86. The largest absolute Gasteiger partial charge is 0.368 e. The van der Waals surface area contributed by atoms with Gasteiger partial charge in [-0.05, 0) is 24.5 Å².